The van der Waals surface area contributed by atoms with Crippen LogP contribution < -0.4 is 0 Å². The molecule has 200 valence electrons. The van der Waals surface area contributed by atoms with Crippen LogP contribution in [0, 0.1) is 30.0 Å². The number of nitrogens with zero attached hydrogens (tertiary/aromatic N) is 2. The van der Waals surface area contributed by atoms with Gasteiger partial charge in [0.05, 0.1) is 22.0 Å². The van der Waals surface area contributed by atoms with Crippen LogP contribution in [0.15, 0.2) is 83.1 Å². The van der Waals surface area contributed by atoms with Crippen molar-refractivity contribution in [3.8, 4) is 28.5 Å². The summed E-state index contributed by atoms with van der Waals surface area (Å²) in [5.41, 5.74) is 3.99. The first kappa shape index (κ1) is 26.0. The molecule has 0 bridgehead atoms. The number of aromatic nitrogens is 1. The first-order valence-electron chi connectivity index (χ1n) is 12.7. The number of hydrogen-bond acceptors (Lipinski definition) is 5. The number of carboxylic acid groups (broad SMARTS) is 1. The van der Waals surface area contributed by atoms with Gasteiger partial charge in [-0.3, -0.25) is 4.79 Å². The average molecular weight is 571 g/mol. The molecular formula is C31H23FN2O4S2. The van der Waals surface area contributed by atoms with Gasteiger partial charge in [0.25, 0.3) is 10.0 Å². The van der Waals surface area contributed by atoms with Gasteiger partial charge in [-0.2, -0.15) is 5.26 Å². The third kappa shape index (κ3) is 4.21. The minimum atomic E-state index is -4.17. The Morgan fingerprint density at radius 2 is 1.82 bits per heavy atom. The van der Waals surface area contributed by atoms with Gasteiger partial charge in [0, 0.05) is 22.1 Å². The van der Waals surface area contributed by atoms with Crippen LogP contribution in [0.5, 0.6) is 0 Å². The Hall–Kier alpha value is -4.26. The van der Waals surface area contributed by atoms with Gasteiger partial charge in [-0.05, 0) is 79.1 Å². The van der Waals surface area contributed by atoms with Crippen molar-refractivity contribution in [3.63, 3.8) is 0 Å². The van der Waals surface area contributed by atoms with Gasteiger partial charge in [0.1, 0.15) is 16.8 Å². The third-order valence-electron chi connectivity index (χ3n) is 7.60. The summed E-state index contributed by atoms with van der Waals surface area (Å²) in [6.45, 7) is 1.87. The van der Waals surface area contributed by atoms with Crippen LogP contribution in [0.1, 0.15) is 34.8 Å². The van der Waals surface area contributed by atoms with E-state index in [0.717, 1.165) is 11.1 Å². The Bertz CT molecular complexity index is 1940. The summed E-state index contributed by atoms with van der Waals surface area (Å²) in [6.07, 6.45) is 1.01. The van der Waals surface area contributed by atoms with E-state index in [-0.39, 0.29) is 10.8 Å². The Morgan fingerprint density at radius 3 is 2.52 bits per heavy atom. The molecule has 0 amide bonds. The molecule has 0 saturated heterocycles. The lowest BCUT2D eigenvalue weighted by Crippen LogP contribution is -2.28. The fourth-order valence-electron chi connectivity index (χ4n) is 5.46. The summed E-state index contributed by atoms with van der Waals surface area (Å²) in [5, 5.41) is 21.3. The van der Waals surface area contributed by atoms with Gasteiger partial charge >= 0.3 is 5.97 Å². The fraction of sp³-hybridized carbons (Fsp3) is 0.161. The Kier molecular flexibility index (Phi) is 6.32. The molecule has 1 aliphatic carbocycles. The number of fused-ring (bicyclic) bond motifs is 1. The predicted molar refractivity (Wildman–Crippen MR) is 152 cm³/mol. The van der Waals surface area contributed by atoms with Crippen LogP contribution in [0.3, 0.4) is 0 Å². The van der Waals surface area contributed by atoms with Gasteiger partial charge in [-0.1, -0.05) is 35.9 Å². The standard InChI is InChI=1S/C31H23FN2O4S2/c1-18-5-8-24(9-6-18)40(37,38)34-27-10-7-23(32)16-26(27)29(25-11-12-39-28(25)17-33)30(34)20-4-2-3-19(13-20)21-14-22(15-21)31(35)36/h2-13,16,21-22H,14-15H2,1H3,(H,35,36). The Labute approximate surface area is 234 Å². The molecule has 1 N–H and O–H groups in total. The van der Waals surface area contributed by atoms with Crippen LogP contribution in [-0.2, 0) is 14.8 Å². The topological polar surface area (TPSA) is 100 Å². The molecule has 0 unspecified atom stereocenters. The number of thiophene rings is 1. The molecule has 0 atom stereocenters. The molecule has 6 rings (SSSR count). The first-order valence-corrected chi connectivity index (χ1v) is 15.0. The highest BCUT2D eigenvalue weighted by Gasteiger charge is 2.36. The summed E-state index contributed by atoms with van der Waals surface area (Å²) in [7, 11) is -4.17. The smallest absolute Gasteiger partial charge is 0.306 e. The third-order valence-corrected chi connectivity index (χ3v) is 10.1. The zero-order valence-corrected chi connectivity index (χ0v) is 23.0. The molecule has 2 heterocycles. The second-order valence-electron chi connectivity index (χ2n) is 10.1. The van der Waals surface area contributed by atoms with E-state index in [1.54, 1.807) is 41.8 Å². The maximum absolute atomic E-state index is 14.7. The number of carboxylic acids is 1. The summed E-state index contributed by atoms with van der Waals surface area (Å²) in [5.74, 6) is -1.71. The predicted octanol–water partition coefficient (Wildman–Crippen LogP) is 7.17. The molecule has 40 heavy (non-hydrogen) atoms. The monoisotopic (exact) mass is 570 g/mol. The molecule has 5 aromatic rings. The summed E-state index contributed by atoms with van der Waals surface area (Å²) >= 11 is 1.23. The van der Waals surface area contributed by atoms with E-state index in [9.17, 15) is 28.0 Å². The first-order chi connectivity index (χ1) is 19.2. The van der Waals surface area contributed by atoms with E-state index in [0.29, 0.717) is 51.0 Å². The molecule has 3 aromatic carbocycles. The number of benzene rings is 3. The van der Waals surface area contributed by atoms with Gasteiger partial charge in [0.15, 0.2) is 0 Å². The maximum Gasteiger partial charge on any atom is 0.306 e. The van der Waals surface area contributed by atoms with Gasteiger partial charge in [-0.15, -0.1) is 11.3 Å². The van der Waals surface area contributed by atoms with Crippen LogP contribution in [-0.4, -0.2) is 23.5 Å². The van der Waals surface area contributed by atoms with Crippen LogP contribution >= 0.6 is 11.3 Å². The zero-order chi connectivity index (χ0) is 28.2. The average Bonchev–Trinajstić information content (AvgIpc) is 3.50. The molecule has 0 aliphatic heterocycles. The molecule has 1 aliphatic rings. The van der Waals surface area contributed by atoms with Crippen LogP contribution in [0.25, 0.3) is 33.3 Å². The Morgan fingerprint density at radius 1 is 1.07 bits per heavy atom. The normalized spacial score (nSPS) is 16.9. The number of hydrogen-bond donors (Lipinski definition) is 1. The lowest BCUT2D eigenvalue weighted by atomic mass is 9.71. The van der Waals surface area contributed by atoms with Crippen molar-refractivity contribution in [2.24, 2.45) is 5.92 Å². The second kappa shape index (κ2) is 9.73. The molecular weight excluding hydrogens is 547 g/mol. The highest BCUT2D eigenvalue weighted by atomic mass is 32.2. The number of aliphatic carboxylic acids is 1. The van der Waals surface area contributed by atoms with Gasteiger partial charge in [-0.25, -0.2) is 16.8 Å². The van der Waals surface area contributed by atoms with Crippen molar-refractivity contribution >= 4 is 38.2 Å². The summed E-state index contributed by atoms with van der Waals surface area (Å²) in [6, 6.07) is 21.9. The second-order valence-corrected chi connectivity index (χ2v) is 12.8. The number of carbonyl (C=O) groups is 1. The van der Waals surface area contributed by atoms with E-state index < -0.39 is 27.7 Å². The summed E-state index contributed by atoms with van der Waals surface area (Å²) in [4.78, 5) is 11.9. The number of rotatable bonds is 6. The molecule has 1 saturated carbocycles. The number of aryl methyl sites for hydroxylation is 1. The van der Waals surface area contributed by atoms with Crippen molar-refractivity contribution < 1.29 is 22.7 Å². The van der Waals surface area contributed by atoms with Crippen molar-refractivity contribution in [2.45, 2.75) is 30.6 Å². The van der Waals surface area contributed by atoms with Gasteiger partial charge < -0.3 is 5.11 Å². The van der Waals surface area contributed by atoms with Gasteiger partial charge in [0.2, 0.25) is 0 Å². The van der Waals surface area contributed by atoms with Crippen molar-refractivity contribution in [2.75, 3.05) is 0 Å². The van der Waals surface area contributed by atoms with Crippen molar-refractivity contribution in [1.82, 2.24) is 3.97 Å². The lowest BCUT2D eigenvalue weighted by Gasteiger charge is -2.32. The van der Waals surface area contributed by atoms with E-state index in [1.807, 2.05) is 25.1 Å². The maximum atomic E-state index is 14.7. The Balaban J connectivity index is 1.68. The van der Waals surface area contributed by atoms with Crippen molar-refractivity contribution in [3.05, 3.63) is 100.0 Å². The SMILES string of the molecule is Cc1ccc(S(=O)(=O)n2c(-c3cccc(C4CC(C(=O)O)C4)c3)c(-c3ccsc3C#N)c3cc(F)ccc32)cc1. The molecule has 0 spiro atoms. The fourth-order valence-corrected chi connectivity index (χ4v) is 7.69. The van der Waals surface area contributed by atoms with E-state index in [4.69, 9.17) is 0 Å². The summed E-state index contributed by atoms with van der Waals surface area (Å²) < 4.78 is 44.6. The number of halogens is 1. The number of nitriles is 1. The molecule has 6 nitrogen and oxygen atoms in total. The quantitative estimate of drug-likeness (QED) is 0.233. The zero-order valence-electron chi connectivity index (χ0n) is 21.3. The molecule has 2 aromatic heterocycles. The van der Waals surface area contributed by atoms with E-state index in [2.05, 4.69) is 6.07 Å². The molecule has 0 radical (unpaired) electrons. The minimum Gasteiger partial charge on any atom is -0.481 e. The van der Waals surface area contributed by atoms with E-state index in [1.165, 1.54) is 33.5 Å². The van der Waals surface area contributed by atoms with Crippen LogP contribution in [0.2, 0.25) is 0 Å². The van der Waals surface area contributed by atoms with E-state index >= 15 is 0 Å². The highest BCUT2D eigenvalue weighted by molar-refractivity contribution is 7.90. The molecule has 1 fully saturated rings. The minimum absolute atomic E-state index is 0.0318. The lowest BCUT2D eigenvalue weighted by molar-refractivity contribution is -0.145. The highest BCUT2D eigenvalue weighted by Crippen LogP contribution is 2.47. The van der Waals surface area contributed by atoms with Crippen molar-refractivity contribution in [1.29, 1.82) is 5.26 Å². The van der Waals surface area contributed by atoms with Crippen LogP contribution in [0.4, 0.5) is 4.39 Å². The largest absolute Gasteiger partial charge is 0.481 e. The molecule has 9 heteroatoms.